The summed E-state index contributed by atoms with van der Waals surface area (Å²) >= 11 is 0. The van der Waals surface area contributed by atoms with E-state index < -0.39 is 54.1 Å². The van der Waals surface area contributed by atoms with Crippen LogP contribution in [0.4, 0.5) is 5.82 Å². The third-order valence-corrected chi connectivity index (χ3v) is 9.93. The summed E-state index contributed by atoms with van der Waals surface area (Å²) in [5.41, 5.74) is 8.35. The molecule has 5 amide bonds. The van der Waals surface area contributed by atoms with Gasteiger partial charge < -0.3 is 66.6 Å². The molecule has 4 aromatic rings. The van der Waals surface area contributed by atoms with Crippen molar-refractivity contribution >= 4 is 58.6 Å². The van der Waals surface area contributed by atoms with Crippen LogP contribution in [-0.2, 0) is 40.0 Å². The van der Waals surface area contributed by atoms with Crippen LogP contribution in [-0.4, -0.2) is 142 Å². The Balaban J connectivity index is 1.06. The predicted octanol–water partition coefficient (Wildman–Crippen LogP) is 1.25. The minimum absolute atomic E-state index is 0.0668. The number of unbranched alkanes of at least 4 members (excludes halogenated alkanes) is 1. The van der Waals surface area contributed by atoms with Gasteiger partial charge in [-0.15, -0.1) is 0 Å². The first-order valence-corrected chi connectivity index (χ1v) is 21.9. The molecule has 23 heteroatoms. The first-order chi connectivity index (χ1) is 32.6. The van der Waals surface area contributed by atoms with Gasteiger partial charge in [0.2, 0.25) is 23.6 Å². The Kier molecular flexibility index (Phi) is 21.2. The molecule has 2 atom stereocenters. The molecule has 0 saturated heterocycles. The minimum Gasteiger partial charge on any atom is -0.504 e. The van der Waals surface area contributed by atoms with Gasteiger partial charge in [0.05, 0.1) is 53.2 Å². The molecule has 0 aliphatic rings. The van der Waals surface area contributed by atoms with Crippen molar-refractivity contribution in [1.29, 1.82) is 0 Å². The molecule has 2 heterocycles. The van der Waals surface area contributed by atoms with Crippen LogP contribution in [0.2, 0.25) is 0 Å². The van der Waals surface area contributed by atoms with Crippen molar-refractivity contribution in [2.24, 2.45) is 5.92 Å². The van der Waals surface area contributed by atoms with Crippen LogP contribution >= 0.6 is 0 Å². The highest BCUT2D eigenvalue weighted by atomic mass is 16.5. The van der Waals surface area contributed by atoms with Gasteiger partial charge in [-0.2, -0.15) is 15.0 Å². The number of nitrogens with zero attached hydrogens (tertiary/aromatic N) is 4. The van der Waals surface area contributed by atoms with Crippen LogP contribution in [0.25, 0.3) is 17.2 Å². The van der Waals surface area contributed by atoms with E-state index in [-0.39, 0.29) is 99.7 Å². The topological polar surface area (TPSA) is 330 Å². The molecule has 0 fully saturated rings. The Hall–Kier alpha value is -7.53. The number of aromatic hydroxyl groups is 2. The highest BCUT2D eigenvalue weighted by Gasteiger charge is 2.29. The quantitative estimate of drug-likeness (QED) is 0.0273. The number of carbonyl (C=O) groups is 6. The number of aromatic nitrogens is 4. The van der Waals surface area contributed by atoms with E-state index in [9.17, 15) is 44.1 Å². The van der Waals surface area contributed by atoms with E-state index in [1.165, 1.54) is 36.0 Å². The lowest BCUT2D eigenvalue weighted by molar-refractivity contribution is -0.142. The highest BCUT2D eigenvalue weighted by Crippen LogP contribution is 2.27. The van der Waals surface area contributed by atoms with Crippen LogP contribution in [0.5, 0.6) is 23.5 Å². The fourth-order valence-corrected chi connectivity index (χ4v) is 6.21. The summed E-state index contributed by atoms with van der Waals surface area (Å²) < 4.78 is 23.1. The number of imidazole rings is 1. The van der Waals surface area contributed by atoms with E-state index >= 15 is 0 Å². The lowest BCUT2D eigenvalue weighted by Gasteiger charge is -2.24. The van der Waals surface area contributed by atoms with Crippen LogP contribution < -0.4 is 41.8 Å². The predicted molar refractivity (Wildman–Crippen MR) is 247 cm³/mol. The number of carboxylic acids is 1. The summed E-state index contributed by atoms with van der Waals surface area (Å²) in [4.78, 5) is 87.6. The Labute approximate surface area is 392 Å². The molecule has 0 aliphatic carbocycles. The average Bonchev–Trinajstić information content (AvgIpc) is 3.63. The maximum absolute atomic E-state index is 13.0. The second-order valence-corrected chi connectivity index (χ2v) is 15.5. The number of nitrogens with two attached hydrogens (primary N) is 1. The molecule has 4 rings (SSSR count). The number of nitrogen functional groups attached to an aromatic ring is 1. The molecule has 2 unspecified atom stereocenters. The van der Waals surface area contributed by atoms with E-state index in [4.69, 9.17) is 24.7 Å². The number of carboxylic acid groups (broad SMARTS) is 1. The van der Waals surface area contributed by atoms with Gasteiger partial charge in [0, 0.05) is 31.1 Å². The van der Waals surface area contributed by atoms with Gasteiger partial charge in [-0.25, -0.2) is 4.79 Å². The molecule has 68 heavy (non-hydrogen) atoms. The van der Waals surface area contributed by atoms with Crippen molar-refractivity contribution in [1.82, 2.24) is 46.1 Å². The first-order valence-electron chi connectivity index (χ1n) is 21.9. The Bertz CT molecular complexity index is 2370. The van der Waals surface area contributed by atoms with Gasteiger partial charge in [0.15, 0.2) is 28.5 Å². The molecule has 0 spiro atoms. The summed E-state index contributed by atoms with van der Waals surface area (Å²) in [6.07, 6.45) is 3.93. The molecule has 2 aromatic heterocycles. The molecule has 10 N–H and O–H groups in total. The maximum atomic E-state index is 13.0. The summed E-state index contributed by atoms with van der Waals surface area (Å²) in [5.74, 6) is -4.43. The number of hydrogen-bond donors (Lipinski definition) is 9. The molecule has 0 aliphatic heterocycles. The second-order valence-electron chi connectivity index (χ2n) is 15.5. The van der Waals surface area contributed by atoms with Gasteiger partial charge in [0.25, 0.3) is 11.9 Å². The number of methoxy groups -OCH3 is 1. The van der Waals surface area contributed by atoms with E-state index in [1.807, 2.05) is 6.92 Å². The fourth-order valence-electron chi connectivity index (χ4n) is 6.21. The monoisotopic (exact) mass is 948 g/mol. The normalized spacial score (nSPS) is 12.1. The summed E-state index contributed by atoms with van der Waals surface area (Å²) in [7, 11) is 1.38. The molecular formula is C45H60N10O13. The number of benzene rings is 2. The zero-order valence-corrected chi connectivity index (χ0v) is 38.4. The van der Waals surface area contributed by atoms with Crippen LogP contribution in [0.3, 0.4) is 0 Å². The SMILES string of the molecule is CCCCOc1nc(N)c2nc(O)n(Cc3ccc(C(=O)NCCOCCOCCNC(=O)CCC(NC(=O)C(NC(=O)CNC(=O)/C=C/c4ccc(O)c(OC)c4)C(C)C)C(=O)O)cc3)c2n1. The number of nitrogens with one attached hydrogen (secondary N) is 5. The van der Waals surface area contributed by atoms with Gasteiger partial charge in [-0.3, -0.25) is 28.5 Å². The third-order valence-electron chi connectivity index (χ3n) is 9.93. The Morgan fingerprint density at radius 1 is 0.853 bits per heavy atom. The lowest BCUT2D eigenvalue weighted by atomic mass is 10.0. The number of aliphatic carboxylic acids is 1. The van der Waals surface area contributed by atoms with Crippen molar-refractivity contribution < 1.29 is 63.0 Å². The largest absolute Gasteiger partial charge is 0.504 e. The second kappa shape index (κ2) is 27.2. The van der Waals surface area contributed by atoms with E-state index in [2.05, 4.69) is 41.5 Å². The van der Waals surface area contributed by atoms with Gasteiger partial charge in [-0.05, 0) is 60.2 Å². The number of amides is 5. The number of rotatable bonds is 29. The van der Waals surface area contributed by atoms with E-state index in [1.54, 1.807) is 44.2 Å². The average molecular weight is 949 g/mol. The van der Waals surface area contributed by atoms with Crippen LogP contribution in [0.1, 0.15) is 67.9 Å². The highest BCUT2D eigenvalue weighted by molar-refractivity contribution is 5.96. The van der Waals surface area contributed by atoms with Gasteiger partial charge in [-0.1, -0.05) is 45.4 Å². The van der Waals surface area contributed by atoms with Crippen molar-refractivity contribution in [3.63, 3.8) is 0 Å². The first kappa shape index (κ1) is 53.1. The molecule has 0 radical (unpaired) electrons. The molecule has 2 aromatic carbocycles. The summed E-state index contributed by atoms with van der Waals surface area (Å²) in [5, 5.41) is 42.6. The molecular weight excluding hydrogens is 889 g/mol. The zero-order chi connectivity index (χ0) is 49.6. The van der Waals surface area contributed by atoms with Gasteiger partial charge in [0.1, 0.15) is 12.1 Å². The van der Waals surface area contributed by atoms with Gasteiger partial charge >= 0.3 is 12.0 Å². The van der Waals surface area contributed by atoms with Crippen molar-refractivity contribution in [2.45, 2.75) is 65.1 Å². The van der Waals surface area contributed by atoms with E-state index in [0.29, 0.717) is 23.4 Å². The fraction of sp³-hybridized carbons (Fsp3) is 0.444. The summed E-state index contributed by atoms with van der Waals surface area (Å²) in [6, 6.07) is 8.52. The van der Waals surface area contributed by atoms with E-state index in [0.717, 1.165) is 18.4 Å². The van der Waals surface area contributed by atoms with Crippen molar-refractivity contribution in [3.8, 4) is 23.5 Å². The molecule has 368 valence electrons. The number of hydrogen-bond acceptors (Lipinski definition) is 16. The number of phenols is 1. The minimum atomic E-state index is -1.42. The maximum Gasteiger partial charge on any atom is 0.326 e. The van der Waals surface area contributed by atoms with Crippen LogP contribution in [0.15, 0.2) is 48.5 Å². The number of anilines is 1. The Morgan fingerprint density at radius 2 is 1.56 bits per heavy atom. The molecule has 23 nitrogen and oxygen atoms in total. The standard InChI is InChI=1S/C45H60N10O13/c1-5-6-19-68-44-53-39(46)38-40(54-44)55(45(64)52-38)26-29-7-11-30(12-8-29)41(60)48-18-21-67-23-22-66-20-17-47-34(57)16-13-31(43(62)63)50-42(61)37(27(2)3)51-36(59)25-49-35(58)15-10-28-9-14-32(56)33(24-28)65-4/h7-12,14-15,24,27,31,37,56H,5-6,13,16-23,25-26H2,1-4H3,(H,47,57)(H,48,60)(H,49,58)(H,50,61)(H,51,59)(H,52,64)(H,62,63)(H2,46,53,54)/b15-10+. The molecule has 0 bridgehead atoms. The summed E-state index contributed by atoms with van der Waals surface area (Å²) in [6.45, 7) is 6.65. The smallest absolute Gasteiger partial charge is 0.326 e. The van der Waals surface area contributed by atoms with Crippen molar-refractivity contribution in [3.05, 3.63) is 65.2 Å². The van der Waals surface area contributed by atoms with Crippen molar-refractivity contribution in [2.75, 3.05) is 65.5 Å². The molecule has 0 saturated carbocycles. The number of phenolic OH excluding ortho intramolecular Hbond substituents is 1. The lowest BCUT2D eigenvalue weighted by Crippen LogP contribution is -2.55. The Morgan fingerprint density at radius 3 is 2.22 bits per heavy atom. The third kappa shape index (κ3) is 17.0. The zero-order valence-electron chi connectivity index (χ0n) is 38.4. The van der Waals surface area contributed by atoms with Crippen LogP contribution in [0, 0.1) is 5.92 Å². The number of carbonyl (C=O) groups excluding carboxylic acids is 5. The number of ether oxygens (including phenoxy) is 4. The number of fused-ring (bicyclic) bond motifs is 1.